The van der Waals surface area contributed by atoms with Crippen molar-refractivity contribution in [2.75, 3.05) is 0 Å². The van der Waals surface area contributed by atoms with E-state index < -0.39 is 0 Å². The second-order valence-electron chi connectivity index (χ2n) is 5.61. The minimum atomic E-state index is -0.0935. The lowest BCUT2D eigenvalue weighted by Gasteiger charge is -2.15. The first-order valence-electron chi connectivity index (χ1n) is 7.52. The van der Waals surface area contributed by atoms with Gasteiger partial charge in [0.15, 0.2) is 0 Å². The lowest BCUT2D eigenvalue weighted by Crippen LogP contribution is -2.22. The predicted molar refractivity (Wildman–Crippen MR) is 96.5 cm³/mol. The minimum Gasteiger partial charge on any atom is -0.309 e. The molecule has 2 aromatic carbocycles. The van der Waals surface area contributed by atoms with Gasteiger partial charge in [0.25, 0.3) is 5.56 Å². The maximum Gasteiger partial charge on any atom is 0.258 e. The summed E-state index contributed by atoms with van der Waals surface area (Å²) < 4.78 is 1.07. The molecule has 0 spiro atoms. The quantitative estimate of drug-likeness (QED) is 0.732. The number of rotatable bonds is 4. The lowest BCUT2D eigenvalue weighted by atomic mass is 10.1. The van der Waals surface area contributed by atoms with Gasteiger partial charge in [-0.1, -0.05) is 46.3 Å². The maximum absolute atomic E-state index is 12.2. The van der Waals surface area contributed by atoms with Crippen molar-refractivity contribution < 1.29 is 0 Å². The van der Waals surface area contributed by atoms with Gasteiger partial charge in [0.05, 0.1) is 17.4 Å². The fourth-order valence-electron chi connectivity index (χ4n) is 2.62. The molecule has 0 amide bonds. The van der Waals surface area contributed by atoms with Crippen molar-refractivity contribution >= 4 is 26.8 Å². The number of para-hydroxylation sites is 1. The molecule has 3 rings (SSSR count). The van der Waals surface area contributed by atoms with E-state index in [2.05, 4.69) is 44.2 Å². The Bertz CT molecular complexity index is 904. The van der Waals surface area contributed by atoms with Crippen LogP contribution >= 0.6 is 15.9 Å². The van der Waals surface area contributed by atoms with Crippen molar-refractivity contribution in [2.45, 2.75) is 26.4 Å². The van der Waals surface area contributed by atoms with Crippen LogP contribution in [0.2, 0.25) is 0 Å². The Morgan fingerprint density at radius 1 is 1.22 bits per heavy atom. The van der Waals surface area contributed by atoms with Crippen molar-refractivity contribution in [2.24, 2.45) is 0 Å². The first kappa shape index (κ1) is 15.9. The number of hydrogen-bond donors (Lipinski definition) is 2. The van der Waals surface area contributed by atoms with Crippen LogP contribution in [0.3, 0.4) is 0 Å². The van der Waals surface area contributed by atoms with Gasteiger partial charge in [0, 0.05) is 10.5 Å². The molecule has 0 bridgehead atoms. The average molecular weight is 372 g/mol. The number of nitrogens with zero attached hydrogens (tertiary/aromatic N) is 1. The van der Waals surface area contributed by atoms with Gasteiger partial charge in [-0.2, -0.15) is 0 Å². The molecule has 0 aliphatic rings. The highest BCUT2D eigenvalue weighted by Gasteiger charge is 2.10. The molecule has 23 heavy (non-hydrogen) atoms. The number of fused-ring (bicyclic) bond motifs is 1. The summed E-state index contributed by atoms with van der Waals surface area (Å²) in [4.78, 5) is 19.6. The van der Waals surface area contributed by atoms with Crippen molar-refractivity contribution in [3.63, 3.8) is 0 Å². The number of aromatic nitrogens is 2. The van der Waals surface area contributed by atoms with Crippen LogP contribution in [0.25, 0.3) is 10.9 Å². The smallest absolute Gasteiger partial charge is 0.258 e. The zero-order valence-corrected chi connectivity index (χ0v) is 14.6. The van der Waals surface area contributed by atoms with Crippen LogP contribution in [-0.2, 0) is 6.54 Å². The summed E-state index contributed by atoms with van der Waals surface area (Å²) in [6, 6.07) is 13.9. The molecule has 5 heteroatoms. The molecule has 1 aromatic heterocycles. The summed E-state index contributed by atoms with van der Waals surface area (Å²) in [6.45, 7) is 4.56. The molecule has 1 heterocycles. The monoisotopic (exact) mass is 371 g/mol. The summed E-state index contributed by atoms with van der Waals surface area (Å²) in [5.41, 5.74) is 2.85. The summed E-state index contributed by atoms with van der Waals surface area (Å²) in [5, 5.41) is 4.04. The number of aryl methyl sites for hydroxylation is 1. The number of benzene rings is 2. The van der Waals surface area contributed by atoms with E-state index in [0.29, 0.717) is 17.8 Å². The van der Waals surface area contributed by atoms with Crippen LogP contribution < -0.4 is 10.9 Å². The first-order valence-corrected chi connectivity index (χ1v) is 8.32. The zero-order valence-electron chi connectivity index (χ0n) is 13.1. The molecule has 3 aromatic rings. The van der Waals surface area contributed by atoms with Crippen molar-refractivity contribution in [1.82, 2.24) is 15.3 Å². The molecule has 0 aliphatic carbocycles. The van der Waals surface area contributed by atoms with Gasteiger partial charge in [0.1, 0.15) is 5.82 Å². The van der Waals surface area contributed by atoms with E-state index in [1.54, 1.807) is 6.07 Å². The highest BCUT2D eigenvalue weighted by molar-refractivity contribution is 9.10. The van der Waals surface area contributed by atoms with Crippen molar-refractivity contribution in [1.29, 1.82) is 0 Å². The summed E-state index contributed by atoms with van der Waals surface area (Å²) in [6.07, 6.45) is 0. The highest BCUT2D eigenvalue weighted by atomic mass is 79.9. The topological polar surface area (TPSA) is 57.8 Å². The largest absolute Gasteiger partial charge is 0.309 e. The molecule has 0 saturated heterocycles. The van der Waals surface area contributed by atoms with E-state index in [9.17, 15) is 4.79 Å². The highest BCUT2D eigenvalue weighted by Crippen LogP contribution is 2.22. The number of nitrogens with one attached hydrogen (secondary N) is 2. The number of halogens is 1. The third-order valence-electron chi connectivity index (χ3n) is 3.93. The summed E-state index contributed by atoms with van der Waals surface area (Å²) >= 11 is 3.56. The Kier molecular flexibility index (Phi) is 4.59. The average Bonchev–Trinajstić information content (AvgIpc) is 2.54. The summed E-state index contributed by atoms with van der Waals surface area (Å²) in [5.74, 6) is 0.649. The van der Waals surface area contributed by atoms with E-state index in [1.807, 2.05) is 37.3 Å². The zero-order chi connectivity index (χ0) is 16.4. The first-order chi connectivity index (χ1) is 11.1. The van der Waals surface area contributed by atoms with Crippen LogP contribution in [0.1, 0.15) is 29.9 Å². The van der Waals surface area contributed by atoms with Crippen LogP contribution in [-0.4, -0.2) is 9.97 Å². The molecular weight excluding hydrogens is 354 g/mol. The van der Waals surface area contributed by atoms with Gasteiger partial charge >= 0.3 is 0 Å². The fourth-order valence-corrected chi connectivity index (χ4v) is 3.25. The second-order valence-corrected chi connectivity index (χ2v) is 6.46. The lowest BCUT2D eigenvalue weighted by molar-refractivity contribution is 0.558. The van der Waals surface area contributed by atoms with E-state index in [1.165, 1.54) is 5.56 Å². The Hall–Kier alpha value is -1.98. The molecule has 0 aliphatic heterocycles. The molecule has 2 N–H and O–H groups in total. The van der Waals surface area contributed by atoms with E-state index in [0.717, 1.165) is 15.6 Å². The molecule has 1 atom stereocenters. The van der Waals surface area contributed by atoms with Gasteiger partial charge in [-0.15, -0.1) is 0 Å². The fraction of sp³-hybridized carbons (Fsp3) is 0.222. The summed E-state index contributed by atoms with van der Waals surface area (Å²) in [7, 11) is 0. The SMILES string of the molecule is Cc1cccc2c(=O)[nH]c(CN[C@@H](C)c3ccccc3Br)nc12. The van der Waals surface area contributed by atoms with Crippen LogP contribution in [0.15, 0.2) is 51.7 Å². The third-order valence-corrected chi connectivity index (χ3v) is 4.66. The van der Waals surface area contributed by atoms with Crippen molar-refractivity contribution in [3.8, 4) is 0 Å². The Morgan fingerprint density at radius 2 is 2.00 bits per heavy atom. The van der Waals surface area contributed by atoms with Gasteiger partial charge in [0.2, 0.25) is 0 Å². The minimum absolute atomic E-state index is 0.0935. The van der Waals surface area contributed by atoms with Crippen molar-refractivity contribution in [3.05, 3.63) is 74.2 Å². The van der Waals surface area contributed by atoms with Crippen LogP contribution in [0.4, 0.5) is 0 Å². The second kappa shape index (κ2) is 6.64. The maximum atomic E-state index is 12.2. The number of aromatic amines is 1. The number of hydrogen-bond acceptors (Lipinski definition) is 3. The predicted octanol–water partition coefficient (Wildman–Crippen LogP) is 3.84. The molecule has 4 nitrogen and oxygen atoms in total. The van der Waals surface area contributed by atoms with Gasteiger partial charge in [-0.05, 0) is 37.1 Å². The Morgan fingerprint density at radius 3 is 2.78 bits per heavy atom. The normalized spacial score (nSPS) is 12.5. The number of H-pyrrole nitrogens is 1. The van der Waals surface area contributed by atoms with Gasteiger partial charge in [-0.25, -0.2) is 4.98 Å². The molecule has 0 radical (unpaired) electrons. The standard InChI is InChI=1S/C18H18BrN3O/c1-11-6-5-8-14-17(11)21-16(22-18(14)23)10-20-12(2)13-7-3-4-9-15(13)19/h3-9,12,20H,10H2,1-2H3,(H,21,22,23)/t12-/m0/s1. The van der Waals surface area contributed by atoms with E-state index in [-0.39, 0.29) is 11.6 Å². The molecule has 0 fully saturated rings. The van der Waals surface area contributed by atoms with Gasteiger partial charge in [-0.3, -0.25) is 4.79 Å². The van der Waals surface area contributed by atoms with Crippen LogP contribution in [0.5, 0.6) is 0 Å². The molecular formula is C18H18BrN3O. The van der Waals surface area contributed by atoms with Gasteiger partial charge < -0.3 is 10.3 Å². The third kappa shape index (κ3) is 3.35. The molecule has 0 saturated carbocycles. The Labute approximate surface area is 143 Å². The molecule has 0 unspecified atom stereocenters. The Balaban J connectivity index is 1.84. The van der Waals surface area contributed by atoms with Crippen LogP contribution in [0, 0.1) is 6.92 Å². The van der Waals surface area contributed by atoms with E-state index >= 15 is 0 Å². The van der Waals surface area contributed by atoms with E-state index in [4.69, 9.17) is 0 Å². The molecule has 118 valence electrons.